The summed E-state index contributed by atoms with van der Waals surface area (Å²) >= 11 is 0. The lowest BCUT2D eigenvalue weighted by Gasteiger charge is -2.29. The number of carboxylic acid groups (broad SMARTS) is 1. The first-order valence-electron chi connectivity index (χ1n) is 14.6. The van der Waals surface area contributed by atoms with E-state index >= 15 is 0 Å². The van der Waals surface area contributed by atoms with E-state index in [9.17, 15) is 38.3 Å². The predicted molar refractivity (Wildman–Crippen MR) is 147 cm³/mol. The smallest absolute Gasteiger partial charge is 0.326 e. The van der Waals surface area contributed by atoms with Crippen molar-refractivity contribution in [3.05, 3.63) is 35.6 Å². The minimum Gasteiger partial charge on any atom is -0.480 e. The fourth-order valence-electron chi connectivity index (χ4n) is 5.86. The monoisotopic (exact) mass is 587 g/mol. The zero-order valence-corrected chi connectivity index (χ0v) is 23.4. The number of hydrogen-bond donors (Lipinski definition) is 5. The Labute approximate surface area is 243 Å². The van der Waals surface area contributed by atoms with E-state index < -0.39 is 53.7 Å². The third kappa shape index (κ3) is 8.04. The van der Waals surface area contributed by atoms with Gasteiger partial charge in [0.15, 0.2) is 0 Å². The molecule has 1 aliphatic carbocycles. The zero-order chi connectivity index (χ0) is 30.2. The Morgan fingerprint density at radius 3 is 2.43 bits per heavy atom. The normalized spacial score (nSPS) is 26.3. The molecular weight excluding hydrogens is 549 g/mol. The van der Waals surface area contributed by atoms with E-state index in [4.69, 9.17) is 0 Å². The highest BCUT2D eigenvalue weighted by Gasteiger charge is 2.44. The molecule has 4 rings (SSSR count). The summed E-state index contributed by atoms with van der Waals surface area (Å²) in [5.74, 6) is -4.53. The molecule has 0 spiro atoms. The highest BCUT2D eigenvalue weighted by molar-refractivity contribution is 5.99. The largest absolute Gasteiger partial charge is 0.480 e. The first kappa shape index (κ1) is 30.9. The highest BCUT2D eigenvalue weighted by Crippen LogP contribution is 2.27. The Balaban J connectivity index is 1.59. The number of rotatable bonds is 5. The van der Waals surface area contributed by atoms with E-state index in [-0.39, 0.29) is 62.1 Å². The van der Waals surface area contributed by atoms with Crippen molar-refractivity contribution in [1.82, 2.24) is 26.2 Å². The Morgan fingerprint density at radius 2 is 1.71 bits per heavy atom. The van der Waals surface area contributed by atoms with Crippen LogP contribution < -0.4 is 21.3 Å². The van der Waals surface area contributed by atoms with Crippen molar-refractivity contribution in [2.45, 2.75) is 88.4 Å². The van der Waals surface area contributed by atoms with Crippen LogP contribution in [0.4, 0.5) is 4.39 Å². The minimum atomic E-state index is -1.36. The van der Waals surface area contributed by atoms with Gasteiger partial charge in [-0.2, -0.15) is 0 Å². The standard InChI is InChI=1S/C29H38FN5O7/c30-19-9-5-8-18(14-19)26(38)33-21-10-3-4-13-31-24(36)12-11-22(29(41)42)34-27(39)23-15-20(16-35(23)28(21)40)32-25(37)17-6-1-2-7-17/h5,8-9,14,17,20-23H,1-4,6-7,10-13,15-16H2,(H,31,36)(H,32,37)(H,33,38)(H,34,39)(H,41,42)/t20-,21+,22+,23+/m1/s1. The average molecular weight is 588 g/mol. The number of amides is 5. The first-order valence-corrected chi connectivity index (χ1v) is 14.6. The number of carbonyl (C=O) groups excluding carboxylic acids is 5. The van der Waals surface area contributed by atoms with Crippen LogP contribution in [0.15, 0.2) is 24.3 Å². The molecule has 4 atom stereocenters. The van der Waals surface area contributed by atoms with Gasteiger partial charge in [0.25, 0.3) is 5.91 Å². The molecule has 0 radical (unpaired) electrons. The lowest BCUT2D eigenvalue weighted by Crippen LogP contribution is -2.55. The van der Waals surface area contributed by atoms with Crippen molar-refractivity contribution in [2.24, 2.45) is 5.92 Å². The summed E-state index contributed by atoms with van der Waals surface area (Å²) in [7, 11) is 0. The fraction of sp³-hybridized carbons (Fsp3) is 0.586. The van der Waals surface area contributed by atoms with Gasteiger partial charge in [-0.05, 0) is 63.1 Å². The van der Waals surface area contributed by atoms with Crippen molar-refractivity contribution >= 4 is 35.5 Å². The molecule has 1 aromatic carbocycles. The number of aliphatic carboxylic acids is 1. The van der Waals surface area contributed by atoms with E-state index in [1.807, 2.05) is 0 Å². The molecule has 2 aliphatic heterocycles. The van der Waals surface area contributed by atoms with Crippen LogP contribution in [-0.2, 0) is 24.0 Å². The summed E-state index contributed by atoms with van der Waals surface area (Å²) in [6.07, 6.45) is 4.36. The second-order valence-corrected chi connectivity index (χ2v) is 11.2. The summed E-state index contributed by atoms with van der Waals surface area (Å²) in [4.78, 5) is 78.7. The third-order valence-corrected chi connectivity index (χ3v) is 8.17. The van der Waals surface area contributed by atoms with Crippen LogP contribution >= 0.6 is 0 Å². The molecule has 5 N–H and O–H groups in total. The summed E-state index contributed by atoms with van der Waals surface area (Å²) < 4.78 is 13.8. The van der Waals surface area contributed by atoms with Crippen molar-refractivity contribution in [3.8, 4) is 0 Å². The Bertz CT molecular complexity index is 1200. The first-order chi connectivity index (χ1) is 20.1. The van der Waals surface area contributed by atoms with Crippen LogP contribution in [-0.4, -0.2) is 82.8 Å². The van der Waals surface area contributed by atoms with Crippen LogP contribution in [0.5, 0.6) is 0 Å². The Morgan fingerprint density at radius 1 is 0.976 bits per heavy atom. The molecule has 42 heavy (non-hydrogen) atoms. The molecule has 1 saturated carbocycles. The van der Waals surface area contributed by atoms with Crippen LogP contribution in [0.3, 0.4) is 0 Å². The fourth-order valence-corrected chi connectivity index (χ4v) is 5.86. The lowest BCUT2D eigenvalue weighted by atomic mass is 10.1. The van der Waals surface area contributed by atoms with Crippen LogP contribution in [0.25, 0.3) is 0 Å². The van der Waals surface area contributed by atoms with E-state index in [1.54, 1.807) is 0 Å². The molecule has 2 saturated heterocycles. The molecule has 0 aromatic heterocycles. The van der Waals surface area contributed by atoms with Gasteiger partial charge in [0.05, 0.1) is 0 Å². The van der Waals surface area contributed by atoms with E-state index in [1.165, 1.54) is 23.1 Å². The summed E-state index contributed by atoms with van der Waals surface area (Å²) in [5, 5.41) is 20.5. The molecule has 0 unspecified atom stereocenters. The molecule has 3 aliphatic rings. The predicted octanol–water partition coefficient (Wildman–Crippen LogP) is 0.850. The molecule has 5 amide bonds. The lowest BCUT2D eigenvalue weighted by molar-refractivity contribution is -0.144. The van der Waals surface area contributed by atoms with Crippen molar-refractivity contribution in [3.63, 3.8) is 0 Å². The second-order valence-electron chi connectivity index (χ2n) is 11.2. The molecule has 1 aromatic rings. The maximum absolute atomic E-state index is 14.0. The maximum Gasteiger partial charge on any atom is 0.326 e. The van der Waals surface area contributed by atoms with E-state index in [0.717, 1.165) is 31.7 Å². The van der Waals surface area contributed by atoms with Crippen molar-refractivity contribution < 1.29 is 38.3 Å². The van der Waals surface area contributed by atoms with Crippen molar-refractivity contribution in [2.75, 3.05) is 13.1 Å². The topological polar surface area (TPSA) is 174 Å². The number of nitrogens with one attached hydrogen (secondary N) is 4. The van der Waals surface area contributed by atoms with Gasteiger partial charge in [0.1, 0.15) is 23.9 Å². The van der Waals surface area contributed by atoms with Gasteiger partial charge in [-0.1, -0.05) is 18.9 Å². The molecule has 228 valence electrons. The third-order valence-electron chi connectivity index (χ3n) is 8.17. The molecule has 3 fully saturated rings. The van der Waals surface area contributed by atoms with Gasteiger partial charge < -0.3 is 31.3 Å². The number of halogens is 1. The van der Waals surface area contributed by atoms with Crippen LogP contribution in [0, 0.1) is 11.7 Å². The minimum absolute atomic E-state index is 0.000501. The van der Waals surface area contributed by atoms with Gasteiger partial charge in [-0.3, -0.25) is 24.0 Å². The molecular formula is C29H38FN5O7. The average Bonchev–Trinajstić information content (AvgIpc) is 3.64. The maximum atomic E-state index is 14.0. The molecule has 0 bridgehead atoms. The van der Waals surface area contributed by atoms with Gasteiger partial charge in [0.2, 0.25) is 23.6 Å². The van der Waals surface area contributed by atoms with Gasteiger partial charge in [-0.15, -0.1) is 0 Å². The number of nitrogens with zero attached hydrogens (tertiary/aromatic N) is 1. The molecule has 13 heteroatoms. The quantitative estimate of drug-likeness (QED) is 0.340. The number of benzene rings is 1. The zero-order valence-electron chi connectivity index (χ0n) is 23.4. The molecule has 12 nitrogen and oxygen atoms in total. The van der Waals surface area contributed by atoms with E-state index in [0.29, 0.717) is 12.8 Å². The summed E-state index contributed by atoms with van der Waals surface area (Å²) in [5.41, 5.74) is 0.0210. The molecule has 2 heterocycles. The van der Waals surface area contributed by atoms with Crippen LogP contribution in [0.1, 0.15) is 74.6 Å². The number of carboxylic acids is 1. The second kappa shape index (κ2) is 14.2. The highest BCUT2D eigenvalue weighted by atomic mass is 19.1. The van der Waals surface area contributed by atoms with Gasteiger partial charge in [0, 0.05) is 37.0 Å². The summed E-state index contributed by atoms with van der Waals surface area (Å²) in [6, 6.07) is 0.927. The summed E-state index contributed by atoms with van der Waals surface area (Å²) in [6.45, 7) is 0.281. The van der Waals surface area contributed by atoms with Crippen molar-refractivity contribution in [1.29, 1.82) is 0 Å². The SMILES string of the molecule is O=C1CC[C@@H](C(=O)O)NC(=O)[C@@H]2C[C@@H](NC(=O)C3CCCC3)CN2C(=O)[C@@H](NC(=O)c2cccc(F)c2)CCCCN1. The number of carbonyl (C=O) groups is 6. The Kier molecular flexibility index (Phi) is 10.5. The number of fused-ring (bicyclic) bond motifs is 1. The van der Waals surface area contributed by atoms with Gasteiger partial charge >= 0.3 is 5.97 Å². The van der Waals surface area contributed by atoms with E-state index in [2.05, 4.69) is 21.3 Å². The van der Waals surface area contributed by atoms with Gasteiger partial charge in [-0.25, -0.2) is 9.18 Å². The Hall–Kier alpha value is -4.03. The van der Waals surface area contributed by atoms with Crippen LogP contribution in [0.2, 0.25) is 0 Å². The number of hydrogen-bond acceptors (Lipinski definition) is 6.